The van der Waals surface area contributed by atoms with Crippen LogP contribution in [0.5, 0.6) is 5.75 Å². The Kier molecular flexibility index (Phi) is 4.15. The van der Waals surface area contributed by atoms with Crippen molar-refractivity contribution in [2.75, 3.05) is 11.1 Å². The number of nitrogen functional groups attached to an aromatic ring is 1. The lowest BCUT2D eigenvalue weighted by atomic mass is 10.2. The predicted molar refractivity (Wildman–Crippen MR) is 67.1 cm³/mol. The van der Waals surface area contributed by atoms with Gasteiger partial charge in [0.15, 0.2) is 11.6 Å². The van der Waals surface area contributed by atoms with E-state index < -0.39 is 35.5 Å². The second kappa shape index (κ2) is 5.86. The molecule has 0 saturated carbocycles. The van der Waals surface area contributed by atoms with Crippen LogP contribution in [-0.4, -0.2) is 6.61 Å². The number of ether oxygens (including phenoxy) is 1. The summed E-state index contributed by atoms with van der Waals surface area (Å²) in [6.45, 7) is -3.25. The Bertz CT molecular complexity index is 643. The summed E-state index contributed by atoms with van der Waals surface area (Å²) in [7, 11) is 0. The van der Waals surface area contributed by atoms with Gasteiger partial charge in [0.25, 0.3) is 0 Å². The Morgan fingerprint density at radius 2 is 1.62 bits per heavy atom. The highest BCUT2D eigenvalue weighted by atomic mass is 19.3. The zero-order valence-corrected chi connectivity index (χ0v) is 10.3. The normalized spacial score (nSPS) is 10.8. The van der Waals surface area contributed by atoms with E-state index >= 15 is 0 Å². The molecule has 2 aromatic rings. The Morgan fingerprint density at radius 3 is 2.19 bits per heavy atom. The van der Waals surface area contributed by atoms with Crippen LogP contribution in [0.25, 0.3) is 0 Å². The summed E-state index contributed by atoms with van der Waals surface area (Å²) in [5.41, 5.74) is 4.54. The van der Waals surface area contributed by atoms with Gasteiger partial charge < -0.3 is 15.8 Å². The molecule has 3 N–H and O–H groups in total. The zero-order chi connectivity index (χ0) is 15.6. The van der Waals surface area contributed by atoms with Gasteiger partial charge in [-0.3, -0.25) is 0 Å². The van der Waals surface area contributed by atoms with Crippen molar-refractivity contribution in [1.82, 2.24) is 0 Å². The van der Waals surface area contributed by atoms with Crippen molar-refractivity contribution in [2.45, 2.75) is 6.61 Å². The molecule has 0 fully saturated rings. The fraction of sp³-hybridized carbons (Fsp3) is 0.0769. The van der Waals surface area contributed by atoms with Crippen molar-refractivity contribution in [1.29, 1.82) is 0 Å². The van der Waals surface area contributed by atoms with Crippen LogP contribution in [0.4, 0.5) is 39.0 Å². The maximum absolute atomic E-state index is 13.5. The van der Waals surface area contributed by atoms with E-state index in [4.69, 9.17) is 5.73 Å². The van der Waals surface area contributed by atoms with Crippen LogP contribution in [0.1, 0.15) is 0 Å². The summed E-state index contributed by atoms with van der Waals surface area (Å²) in [4.78, 5) is 0. The minimum Gasteiger partial charge on any atom is -0.432 e. The highest BCUT2D eigenvalue weighted by molar-refractivity contribution is 5.74. The lowest BCUT2D eigenvalue weighted by molar-refractivity contribution is -0.0521. The molecule has 0 amide bonds. The molecule has 0 radical (unpaired) electrons. The fourth-order valence-electron chi connectivity index (χ4n) is 1.62. The first-order valence-electron chi connectivity index (χ1n) is 5.63. The van der Waals surface area contributed by atoms with E-state index in [-0.39, 0.29) is 11.4 Å². The SMILES string of the molecule is Nc1cc(F)c(OC(F)F)cc1Nc1c(F)cccc1F. The number of hydrogen-bond donors (Lipinski definition) is 2. The van der Waals surface area contributed by atoms with Crippen LogP contribution in [0.3, 0.4) is 0 Å². The minimum atomic E-state index is -3.25. The van der Waals surface area contributed by atoms with Crippen molar-refractivity contribution >= 4 is 17.1 Å². The maximum atomic E-state index is 13.5. The molecule has 0 saturated heterocycles. The summed E-state index contributed by atoms with van der Waals surface area (Å²) < 4.78 is 68.6. The summed E-state index contributed by atoms with van der Waals surface area (Å²) in [6, 6.07) is 4.63. The summed E-state index contributed by atoms with van der Waals surface area (Å²) >= 11 is 0. The number of nitrogens with two attached hydrogens (primary N) is 1. The number of alkyl halides is 2. The van der Waals surface area contributed by atoms with Crippen molar-refractivity contribution in [3.05, 3.63) is 47.8 Å². The molecule has 0 unspecified atom stereocenters. The van der Waals surface area contributed by atoms with Gasteiger partial charge in [0, 0.05) is 12.1 Å². The highest BCUT2D eigenvalue weighted by Crippen LogP contribution is 2.32. The first-order valence-corrected chi connectivity index (χ1v) is 5.63. The smallest absolute Gasteiger partial charge is 0.387 e. The Balaban J connectivity index is 2.40. The molecule has 8 heteroatoms. The van der Waals surface area contributed by atoms with Gasteiger partial charge in [0.1, 0.15) is 17.3 Å². The molecule has 0 atom stereocenters. The number of anilines is 3. The number of benzene rings is 2. The van der Waals surface area contributed by atoms with E-state index in [0.717, 1.165) is 24.3 Å². The molecule has 0 bridgehead atoms. The zero-order valence-electron chi connectivity index (χ0n) is 10.3. The molecule has 2 aromatic carbocycles. The average Bonchev–Trinajstić information content (AvgIpc) is 2.38. The molecular weight excluding hydrogens is 295 g/mol. The van der Waals surface area contributed by atoms with E-state index in [9.17, 15) is 22.0 Å². The summed E-state index contributed by atoms with van der Waals surface area (Å²) in [6.07, 6.45) is 0. The van der Waals surface area contributed by atoms with Crippen LogP contribution in [-0.2, 0) is 0 Å². The van der Waals surface area contributed by atoms with E-state index in [1.165, 1.54) is 0 Å². The largest absolute Gasteiger partial charge is 0.432 e. The highest BCUT2D eigenvalue weighted by Gasteiger charge is 2.15. The van der Waals surface area contributed by atoms with Gasteiger partial charge in [-0.1, -0.05) is 6.07 Å². The number of halogens is 5. The van der Waals surface area contributed by atoms with Crippen LogP contribution in [0, 0.1) is 17.5 Å². The minimum absolute atomic E-state index is 0.170. The quantitative estimate of drug-likeness (QED) is 0.662. The summed E-state index contributed by atoms with van der Waals surface area (Å²) in [5, 5.41) is 2.28. The monoisotopic (exact) mass is 304 g/mol. The fourth-order valence-corrected chi connectivity index (χ4v) is 1.62. The molecular formula is C13H9F5N2O. The lowest BCUT2D eigenvalue weighted by Crippen LogP contribution is -2.06. The Hall–Kier alpha value is -2.51. The van der Waals surface area contributed by atoms with Crippen LogP contribution >= 0.6 is 0 Å². The molecule has 0 aliphatic carbocycles. The molecule has 0 aliphatic heterocycles. The standard InChI is InChI=1S/C13H9F5N2O/c14-6-2-1-3-7(15)12(6)20-10-5-11(21-13(17)18)8(16)4-9(10)19/h1-5,13,20H,19H2. The molecule has 0 heterocycles. The number of rotatable bonds is 4. The molecule has 2 rings (SSSR count). The van der Waals surface area contributed by atoms with Gasteiger partial charge in [-0.25, -0.2) is 13.2 Å². The van der Waals surface area contributed by atoms with Gasteiger partial charge in [-0.2, -0.15) is 8.78 Å². The van der Waals surface area contributed by atoms with Crippen LogP contribution in [0.2, 0.25) is 0 Å². The van der Waals surface area contributed by atoms with E-state index in [0.29, 0.717) is 6.07 Å². The number of hydrogen-bond acceptors (Lipinski definition) is 3. The van der Waals surface area contributed by atoms with Gasteiger partial charge in [0.05, 0.1) is 11.4 Å². The number of nitrogens with one attached hydrogen (secondary N) is 1. The van der Waals surface area contributed by atoms with Crippen LogP contribution < -0.4 is 15.8 Å². The Morgan fingerprint density at radius 1 is 1.00 bits per heavy atom. The third-order valence-electron chi connectivity index (χ3n) is 2.54. The van der Waals surface area contributed by atoms with Crippen molar-refractivity contribution < 1.29 is 26.7 Å². The first-order chi connectivity index (χ1) is 9.88. The summed E-state index contributed by atoms with van der Waals surface area (Å²) in [5.74, 6) is -3.75. The van der Waals surface area contributed by atoms with Crippen molar-refractivity contribution in [3.63, 3.8) is 0 Å². The topological polar surface area (TPSA) is 47.3 Å². The Labute approximate surface area is 116 Å². The van der Waals surface area contributed by atoms with E-state index in [1.54, 1.807) is 0 Å². The number of para-hydroxylation sites is 1. The second-order valence-electron chi connectivity index (χ2n) is 3.97. The molecule has 21 heavy (non-hydrogen) atoms. The molecule has 0 aliphatic rings. The maximum Gasteiger partial charge on any atom is 0.387 e. The van der Waals surface area contributed by atoms with E-state index in [2.05, 4.69) is 10.1 Å². The third-order valence-corrected chi connectivity index (χ3v) is 2.54. The lowest BCUT2D eigenvalue weighted by Gasteiger charge is -2.13. The third kappa shape index (κ3) is 3.33. The molecule has 3 nitrogen and oxygen atoms in total. The van der Waals surface area contributed by atoms with Gasteiger partial charge in [0.2, 0.25) is 0 Å². The predicted octanol–water partition coefficient (Wildman–Crippen LogP) is 4.03. The van der Waals surface area contributed by atoms with Crippen molar-refractivity contribution in [3.8, 4) is 5.75 Å². The van der Waals surface area contributed by atoms with Gasteiger partial charge in [-0.15, -0.1) is 0 Å². The molecule has 112 valence electrons. The van der Waals surface area contributed by atoms with Crippen molar-refractivity contribution in [2.24, 2.45) is 0 Å². The average molecular weight is 304 g/mol. The van der Waals surface area contributed by atoms with Gasteiger partial charge >= 0.3 is 6.61 Å². The molecule has 0 aromatic heterocycles. The second-order valence-corrected chi connectivity index (χ2v) is 3.97. The van der Waals surface area contributed by atoms with E-state index in [1.807, 2.05) is 0 Å². The first kappa shape index (κ1) is 14.9. The van der Waals surface area contributed by atoms with Crippen LogP contribution in [0.15, 0.2) is 30.3 Å². The molecule has 0 spiro atoms. The van der Waals surface area contributed by atoms with Gasteiger partial charge in [-0.05, 0) is 12.1 Å².